The maximum atomic E-state index is 13.8. The van der Waals surface area contributed by atoms with E-state index in [1.807, 2.05) is 0 Å². The molecule has 0 fully saturated rings. The van der Waals surface area contributed by atoms with E-state index in [-0.39, 0.29) is 11.3 Å². The first kappa shape index (κ1) is 18.6. The molecule has 1 heterocycles. The molecular weight excluding hydrogens is 364 g/mol. The molecule has 1 N–H and O–H groups in total. The summed E-state index contributed by atoms with van der Waals surface area (Å²) in [6, 6.07) is 10.3. The van der Waals surface area contributed by atoms with Gasteiger partial charge in [-0.2, -0.15) is 0 Å². The van der Waals surface area contributed by atoms with Gasteiger partial charge in [0.2, 0.25) is 0 Å². The van der Waals surface area contributed by atoms with Crippen molar-refractivity contribution < 1.29 is 27.1 Å². The molecule has 1 atom stereocenters. The van der Waals surface area contributed by atoms with Crippen molar-refractivity contribution in [2.75, 3.05) is 0 Å². The van der Waals surface area contributed by atoms with Crippen molar-refractivity contribution >= 4 is 16.8 Å². The monoisotopic (exact) mass is 378 g/mol. The molecule has 140 valence electrons. The number of fused-ring (bicyclic) bond motifs is 1. The molecule has 0 saturated carbocycles. The summed E-state index contributed by atoms with van der Waals surface area (Å²) in [5, 5.41) is 3.18. The number of hydrogen-bond acceptors (Lipinski definition) is 3. The van der Waals surface area contributed by atoms with Gasteiger partial charge in [-0.25, -0.2) is 4.39 Å². The van der Waals surface area contributed by atoms with Gasteiger partial charge >= 0.3 is 6.36 Å². The molecule has 3 rings (SSSR count). The van der Waals surface area contributed by atoms with Crippen LogP contribution in [0.5, 0.6) is 5.75 Å². The molecule has 0 saturated heterocycles. The zero-order valence-corrected chi connectivity index (χ0v) is 14.0. The average Bonchev–Trinajstić information content (AvgIpc) is 2.60. The Morgan fingerprint density at radius 2 is 1.85 bits per heavy atom. The summed E-state index contributed by atoms with van der Waals surface area (Å²) in [6.45, 7) is 1.66. The molecule has 1 aromatic heterocycles. The van der Waals surface area contributed by atoms with Gasteiger partial charge in [-0.3, -0.25) is 9.78 Å². The van der Waals surface area contributed by atoms with E-state index >= 15 is 0 Å². The van der Waals surface area contributed by atoms with Crippen molar-refractivity contribution in [2.24, 2.45) is 0 Å². The lowest BCUT2D eigenvalue weighted by molar-refractivity contribution is -0.274. The molecule has 0 aliphatic carbocycles. The van der Waals surface area contributed by atoms with Crippen LogP contribution < -0.4 is 10.1 Å². The quantitative estimate of drug-likeness (QED) is 0.666. The van der Waals surface area contributed by atoms with Gasteiger partial charge in [-0.05, 0) is 42.8 Å². The van der Waals surface area contributed by atoms with Crippen molar-refractivity contribution in [1.82, 2.24) is 10.3 Å². The minimum Gasteiger partial charge on any atom is -0.406 e. The lowest BCUT2D eigenvalue weighted by Crippen LogP contribution is -2.27. The number of nitrogens with one attached hydrogen (secondary N) is 1. The highest BCUT2D eigenvalue weighted by Crippen LogP contribution is 2.25. The molecule has 0 aliphatic heterocycles. The lowest BCUT2D eigenvalue weighted by atomic mass is 10.1. The van der Waals surface area contributed by atoms with Crippen LogP contribution in [0.2, 0.25) is 0 Å². The Labute approximate surface area is 151 Å². The largest absolute Gasteiger partial charge is 0.573 e. The second-order valence-electron chi connectivity index (χ2n) is 5.84. The molecule has 2 aromatic carbocycles. The van der Waals surface area contributed by atoms with Crippen molar-refractivity contribution in [1.29, 1.82) is 0 Å². The van der Waals surface area contributed by atoms with Crippen LogP contribution in [0.1, 0.15) is 28.9 Å². The number of benzene rings is 2. The van der Waals surface area contributed by atoms with Gasteiger partial charge in [0.05, 0.1) is 17.1 Å². The van der Waals surface area contributed by atoms with Crippen molar-refractivity contribution in [3.05, 3.63) is 71.7 Å². The summed E-state index contributed by atoms with van der Waals surface area (Å²) in [7, 11) is 0. The van der Waals surface area contributed by atoms with Crippen LogP contribution >= 0.6 is 0 Å². The fourth-order valence-corrected chi connectivity index (χ4v) is 2.64. The zero-order valence-electron chi connectivity index (χ0n) is 14.0. The van der Waals surface area contributed by atoms with E-state index in [9.17, 15) is 22.4 Å². The zero-order chi connectivity index (χ0) is 19.6. The number of aromatic nitrogens is 1. The number of rotatable bonds is 4. The Morgan fingerprint density at radius 3 is 2.52 bits per heavy atom. The van der Waals surface area contributed by atoms with E-state index in [0.717, 1.165) is 18.2 Å². The standard InChI is InChI=1S/C19H14F4N2O2/c1-11(12-4-6-15(7-5-12)27-19(21,22)23)25-18(26)16-10-14(20)9-13-3-2-8-24-17(13)16/h2-11H,1H3,(H,25,26). The van der Waals surface area contributed by atoms with Crippen molar-refractivity contribution in [3.8, 4) is 5.75 Å². The van der Waals surface area contributed by atoms with Gasteiger partial charge in [0.1, 0.15) is 11.6 Å². The smallest absolute Gasteiger partial charge is 0.406 e. The first-order valence-corrected chi connectivity index (χ1v) is 7.94. The molecular formula is C19H14F4N2O2. The second kappa shape index (κ2) is 7.22. The summed E-state index contributed by atoms with van der Waals surface area (Å²) in [6.07, 6.45) is -3.27. The average molecular weight is 378 g/mol. The molecule has 4 nitrogen and oxygen atoms in total. The number of nitrogens with zero attached hydrogens (tertiary/aromatic N) is 1. The van der Waals surface area contributed by atoms with E-state index in [2.05, 4.69) is 15.0 Å². The van der Waals surface area contributed by atoms with Crippen molar-refractivity contribution in [2.45, 2.75) is 19.3 Å². The van der Waals surface area contributed by atoms with E-state index in [0.29, 0.717) is 16.5 Å². The highest BCUT2D eigenvalue weighted by Gasteiger charge is 2.31. The number of alkyl halides is 3. The molecule has 1 unspecified atom stereocenters. The predicted molar refractivity (Wildman–Crippen MR) is 90.7 cm³/mol. The van der Waals surface area contributed by atoms with Crippen LogP contribution in [-0.2, 0) is 0 Å². The minimum atomic E-state index is -4.77. The maximum absolute atomic E-state index is 13.8. The Kier molecular flexibility index (Phi) is 4.98. The van der Waals surface area contributed by atoms with Crippen LogP contribution in [0.25, 0.3) is 10.9 Å². The van der Waals surface area contributed by atoms with Gasteiger partial charge in [-0.15, -0.1) is 13.2 Å². The van der Waals surface area contributed by atoms with E-state index in [1.54, 1.807) is 19.1 Å². The van der Waals surface area contributed by atoms with Gasteiger partial charge < -0.3 is 10.1 Å². The Balaban J connectivity index is 1.78. The van der Waals surface area contributed by atoms with Crippen LogP contribution in [0.4, 0.5) is 17.6 Å². The fourth-order valence-electron chi connectivity index (χ4n) is 2.64. The first-order chi connectivity index (χ1) is 12.7. The first-order valence-electron chi connectivity index (χ1n) is 7.94. The summed E-state index contributed by atoms with van der Waals surface area (Å²) in [5.74, 6) is -1.46. The summed E-state index contributed by atoms with van der Waals surface area (Å²) >= 11 is 0. The van der Waals surface area contributed by atoms with Gasteiger partial charge in [0, 0.05) is 11.6 Å². The number of carbonyl (C=O) groups is 1. The number of carbonyl (C=O) groups excluding carboxylic acids is 1. The van der Waals surface area contributed by atoms with Crippen LogP contribution in [0, 0.1) is 5.82 Å². The van der Waals surface area contributed by atoms with Gasteiger partial charge in [0.25, 0.3) is 5.91 Å². The molecule has 0 aliphatic rings. The highest BCUT2D eigenvalue weighted by molar-refractivity contribution is 6.05. The Bertz CT molecular complexity index is 972. The van der Waals surface area contributed by atoms with Crippen molar-refractivity contribution in [3.63, 3.8) is 0 Å². The third-order valence-electron chi connectivity index (χ3n) is 3.88. The molecule has 27 heavy (non-hydrogen) atoms. The molecule has 0 radical (unpaired) electrons. The van der Waals surface area contributed by atoms with Crippen LogP contribution in [0.3, 0.4) is 0 Å². The second-order valence-corrected chi connectivity index (χ2v) is 5.84. The topological polar surface area (TPSA) is 51.2 Å². The summed E-state index contributed by atoms with van der Waals surface area (Å²) < 4.78 is 54.2. The minimum absolute atomic E-state index is 0.0782. The molecule has 3 aromatic rings. The number of ether oxygens (including phenoxy) is 1. The molecule has 8 heteroatoms. The van der Waals surface area contributed by atoms with E-state index in [1.165, 1.54) is 24.4 Å². The molecule has 0 spiro atoms. The summed E-state index contributed by atoms with van der Waals surface area (Å²) in [5.41, 5.74) is 0.999. The third-order valence-corrected chi connectivity index (χ3v) is 3.88. The van der Waals surface area contributed by atoms with Crippen LogP contribution in [0.15, 0.2) is 54.7 Å². The fraction of sp³-hybridized carbons (Fsp3) is 0.158. The molecule has 0 bridgehead atoms. The van der Waals surface area contributed by atoms with Crippen LogP contribution in [-0.4, -0.2) is 17.3 Å². The Hall–Kier alpha value is -3.16. The predicted octanol–water partition coefficient (Wildman–Crippen LogP) is 4.76. The van der Waals surface area contributed by atoms with Gasteiger partial charge in [-0.1, -0.05) is 18.2 Å². The summed E-state index contributed by atoms with van der Waals surface area (Å²) in [4.78, 5) is 16.7. The number of amides is 1. The van der Waals surface area contributed by atoms with Gasteiger partial charge in [0.15, 0.2) is 0 Å². The number of halogens is 4. The molecule has 1 amide bonds. The number of hydrogen-bond donors (Lipinski definition) is 1. The Morgan fingerprint density at radius 1 is 1.15 bits per heavy atom. The van der Waals surface area contributed by atoms with E-state index in [4.69, 9.17) is 0 Å². The lowest BCUT2D eigenvalue weighted by Gasteiger charge is -2.16. The van der Waals surface area contributed by atoms with E-state index < -0.39 is 24.1 Å². The third kappa shape index (κ3) is 4.52. The SMILES string of the molecule is CC(NC(=O)c1cc(F)cc2cccnc12)c1ccc(OC(F)(F)F)cc1. The normalized spacial score (nSPS) is 12.6. The highest BCUT2D eigenvalue weighted by atomic mass is 19.4. The number of pyridine rings is 1. The maximum Gasteiger partial charge on any atom is 0.573 e.